The van der Waals surface area contributed by atoms with E-state index in [9.17, 15) is 23.6 Å². The van der Waals surface area contributed by atoms with Crippen LogP contribution in [0.1, 0.15) is 16.4 Å². The Morgan fingerprint density at radius 1 is 0.951 bits per heavy atom. The predicted molar refractivity (Wildman–Crippen MR) is 162 cm³/mol. The zero-order valence-electron chi connectivity index (χ0n) is 20.6. The highest BCUT2D eigenvalue weighted by Gasteiger charge is 2.56. The molecule has 0 spiro atoms. The molecule has 1 fully saturated rings. The van der Waals surface area contributed by atoms with Crippen molar-refractivity contribution in [1.29, 1.82) is 0 Å². The van der Waals surface area contributed by atoms with Gasteiger partial charge in [-0.05, 0) is 60.2 Å². The number of benzene rings is 3. The van der Waals surface area contributed by atoms with Crippen molar-refractivity contribution in [3.05, 3.63) is 107 Å². The average Bonchev–Trinajstić information content (AvgIpc) is 3.38. The van der Waals surface area contributed by atoms with Gasteiger partial charge in [0.1, 0.15) is 17.6 Å². The maximum absolute atomic E-state index is 13.8. The monoisotopic (exact) mass is 691 g/mol. The summed E-state index contributed by atoms with van der Waals surface area (Å²) < 4.78 is 15.8. The second-order valence-electron chi connectivity index (χ2n) is 9.38. The first kappa shape index (κ1) is 28.2. The molecule has 1 aromatic heterocycles. The second kappa shape index (κ2) is 11.0. The fourth-order valence-electron chi connectivity index (χ4n) is 5.05. The lowest BCUT2D eigenvalue weighted by molar-refractivity contribution is -0.122. The van der Waals surface area contributed by atoms with E-state index in [1.54, 1.807) is 12.1 Å². The standard InChI is InChI=1S/C28H17BrCl2FN3O4S2/c29-14-3-1-13(2-4-14)21-22-23(26(38)35(25(22)37)17-8-5-15(32)6-9-17)40-27-24(21)41-28(39)34(27)12-20(36)33-16-7-10-18(30)19(31)11-16/h1-11,21-23H,12H2,(H,33,36)/t21-,22-,23+/m0/s1. The average molecular weight is 693 g/mol. The molecule has 208 valence electrons. The van der Waals surface area contributed by atoms with Crippen molar-refractivity contribution in [3.63, 3.8) is 0 Å². The van der Waals surface area contributed by atoms with E-state index in [0.29, 0.717) is 20.6 Å². The summed E-state index contributed by atoms with van der Waals surface area (Å²) in [4.78, 5) is 55.1. The Morgan fingerprint density at radius 2 is 1.66 bits per heavy atom. The third kappa shape index (κ3) is 5.14. The van der Waals surface area contributed by atoms with E-state index in [4.69, 9.17) is 23.2 Å². The molecular formula is C28H17BrCl2FN3O4S2. The molecule has 0 saturated carbocycles. The van der Waals surface area contributed by atoms with E-state index in [1.165, 1.54) is 34.9 Å². The van der Waals surface area contributed by atoms with Crippen LogP contribution in [-0.4, -0.2) is 27.5 Å². The quantitative estimate of drug-likeness (QED) is 0.240. The van der Waals surface area contributed by atoms with Gasteiger partial charge in [-0.3, -0.25) is 23.7 Å². The largest absolute Gasteiger partial charge is 0.324 e. The molecule has 0 unspecified atom stereocenters. The number of nitrogens with one attached hydrogen (secondary N) is 1. The summed E-state index contributed by atoms with van der Waals surface area (Å²) in [5.41, 5.74) is 1.43. The van der Waals surface area contributed by atoms with Crippen molar-refractivity contribution in [1.82, 2.24) is 4.57 Å². The van der Waals surface area contributed by atoms with Gasteiger partial charge in [0.25, 0.3) is 0 Å². The zero-order valence-corrected chi connectivity index (χ0v) is 25.4. The van der Waals surface area contributed by atoms with Crippen LogP contribution < -0.4 is 15.1 Å². The van der Waals surface area contributed by atoms with Crippen molar-refractivity contribution >= 4 is 91.3 Å². The SMILES string of the molecule is O=C(Cn1c2c(sc1=O)[C@@H](c1ccc(Br)cc1)[C@@H]1C(=O)N(c3ccc(F)cc3)C(=O)[C@@H]1S2)Nc1ccc(Cl)c(Cl)c1. The number of amides is 3. The lowest BCUT2D eigenvalue weighted by atomic mass is 9.83. The van der Waals surface area contributed by atoms with E-state index in [0.717, 1.165) is 38.0 Å². The highest BCUT2D eigenvalue weighted by Crippen LogP contribution is 2.54. The zero-order chi connectivity index (χ0) is 29.0. The van der Waals surface area contributed by atoms with Gasteiger partial charge in [0.15, 0.2) is 0 Å². The predicted octanol–water partition coefficient (Wildman–Crippen LogP) is 6.55. The minimum absolute atomic E-state index is 0.267. The van der Waals surface area contributed by atoms with Gasteiger partial charge < -0.3 is 5.32 Å². The molecule has 1 saturated heterocycles. The van der Waals surface area contributed by atoms with Gasteiger partial charge in [-0.1, -0.05) is 74.4 Å². The molecule has 1 N–H and O–H groups in total. The van der Waals surface area contributed by atoms with E-state index in [1.807, 2.05) is 24.3 Å². The van der Waals surface area contributed by atoms with E-state index < -0.39 is 40.6 Å². The Balaban J connectivity index is 1.40. The van der Waals surface area contributed by atoms with Gasteiger partial charge in [-0.2, -0.15) is 0 Å². The van der Waals surface area contributed by atoms with Crippen LogP contribution in [0.4, 0.5) is 15.8 Å². The van der Waals surface area contributed by atoms with Gasteiger partial charge in [-0.15, -0.1) is 0 Å². The molecule has 3 heterocycles. The van der Waals surface area contributed by atoms with Crippen molar-refractivity contribution in [2.75, 3.05) is 10.2 Å². The number of rotatable bonds is 5. The Labute approximate surface area is 259 Å². The molecule has 2 aliphatic heterocycles. The van der Waals surface area contributed by atoms with Crippen LogP contribution in [0.15, 0.2) is 81.0 Å². The Morgan fingerprint density at radius 3 is 2.34 bits per heavy atom. The third-order valence-electron chi connectivity index (χ3n) is 6.87. The van der Waals surface area contributed by atoms with Crippen LogP contribution in [0.25, 0.3) is 0 Å². The summed E-state index contributed by atoms with van der Waals surface area (Å²) in [6, 6.07) is 17.1. The molecule has 3 amide bonds. The molecule has 0 aliphatic carbocycles. The minimum atomic E-state index is -0.855. The number of carbonyl (C=O) groups is 3. The Kier molecular flexibility index (Phi) is 7.58. The highest BCUT2D eigenvalue weighted by atomic mass is 79.9. The number of aromatic nitrogens is 1. The van der Waals surface area contributed by atoms with Crippen LogP contribution in [-0.2, 0) is 20.9 Å². The topological polar surface area (TPSA) is 88.5 Å². The molecule has 2 aliphatic rings. The summed E-state index contributed by atoms with van der Waals surface area (Å²) in [5, 5.41) is 2.92. The third-order valence-corrected chi connectivity index (χ3v) is 10.7. The van der Waals surface area contributed by atoms with Crippen molar-refractivity contribution < 1.29 is 18.8 Å². The summed E-state index contributed by atoms with van der Waals surface area (Å²) >= 11 is 17.5. The lowest BCUT2D eigenvalue weighted by Crippen LogP contribution is -2.33. The van der Waals surface area contributed by atoms with Gasteiger partial charge >= 0.3 is 4.87 Å². The number of halogens is 4. The summed E-state index contributed by atoms with van der Waals surface area (Å²) in [6.07, 6.45) is 0. The fraction of sp³-hybridized carbons (Fsp3) is 0.143. The molecule has 41 heavy (non-hydrogen) atoms. The maximum Gasteiger partial charge on any atom is 0.308 e. The van der Waals surface area contributed by atoms with Crippen molar-refractivity contribution in [2.24, 2.45) is 5.92 Å². The molecule has 3 atom stereocenters. The van der Waals surface area contributed by atoms with E-state index >= 15 is 0 Å². The summed E-state index contributed by atoms with van der Waals surface area (Å²) in [7, 11) is 0. The molecule has 13 heteroatoms. The molecule has 0 radical (unpaired) electrons. The molecule has 6 rings (SSSR count). The first-order valence-electron chi connectivity index (χ1n) is 12.2. The number of thioether (sulfide) groups is 1. The number of hydrogen-bond acceptors (Lipinski definition) is 6. The fourth-order valence-corrected chi connectivity index (χ4v) is 8.38. The number of imide groups is 1. The van der Waals surface area contributed by atoms with Crippen LogP contribution in [0, 0.1) is 11.7 Å². The number of carbonyl (C=O) groups excluding carboxylic acids is 3. The van der Waals surface area contributed by atoms with E-state index in [2.05, 4.69) is 21.2 Å². The summed E-state index contributed by atoms with van der Waals surface area (Å²) in [5.74, 6) is -3.27. The molecule has 4 aromatic rings. The number of thiazole rings is 1. The normalized spacial score (nSPS) is 19.7. The van der Waals surface area contributed by atoms with Crippen LogP contribution in [0.2, 0.25) is 10.0 Å². The first-order valence-corrected chi connectivity index (χ1v) is 15.4. The smallest absolute Gasteiger partial charge is 0.308 e. The lowest BCUT2D eigenvalue weighted by Gasteiger charge is -2.30. The van der Waals surface area contributed by atoms with Crippen LogP contribution >= 0.6 is 62.2 Å². The van der Waals surface area contributed by atoms with Crippen LogP contribution in [0.5, 0.6) is 0 Å². The number of hydrogen-bond donors (Lipinski definition) is 1. The van der Waals surface area contributed by atoms with Gasteiger partial charge in [0, 0.05) is 21.0 Å². The number of nitrogens with zero attached hydrogens (tertiary/aromatic N) is 2. The first-order chi connectivity index (χ1) is 19.6. The Bertz CT molecular complexity index is 1780. The molecule has 0 bridgehead atoms. The van der Waals surface area contributed by atoms with Gasteiger partial charge in [-0.25, -0.2) is 9.29 Å². The molecule has 7 nitrogen and oxygen atoms in total. The van der Waals surface area contributed by atoms with Gasteiger partial charge in [0.2, 0.25) is 17.7 Å². The maximum atomic E-state index is 13.8. The van der Waals surface area contributed by atoms with Crippen molar-refractivity contribution in [3.8, 4) is 0 Å². The highest BCUT2D eigenvalue weighted by molar-refractivity contribution is 9.10. The minimum Gasteiger partial charge on any atom is -0.324 e. The molecular weight excluding hydrogens is 676 g/mol. The second-order valence-corrected chi connectivity index (χ2v) is 13.2. The van der Waals surface area contributed by atoms with E-state index in [-0.39, 0.29) is 22.1 Å². The Hall–Kier alpha value is -2.96. The van der Waals surface area contributed by atoms with Crippen LogP contribution in [0.3, 0.4) is 0 Å². The van der Waals surface area contributed by atoms with Gasteiger partial charge in [0.05, 0.1) is 26.7 Å². The summed E-state index contributed by atoms with van der Waals surface area (Å²) in [6.45, 7) is -0.313. The molecule has 3 aromatic carbocycles. The number of fused-ring (bicyclic) bond motifs is 2. The van der Waals surface area contributed by atoms with Crippen molar-refractivity contribution in [2.45, 2.75) is 22.7 Å². The number of anilines is 2.